The van der Waals surface area contributed by atoms with E-state index in [4.69, 9.17) is 5.73 Å². The SMILES string of the molecule is NCCCNCCCCNc1cc(F)c(SNc2ncns2)cc1Br. The first kappa shape index (κ1) is 20.4. The second-order valence-electron chi connectivity index (χ2n) is 5.24. The second-order valence-corrected chi connectivity index (χ2v) is 7.72. The molecule has 0 amide bonds. The zero-order valence-corrected chi connectivity index (χ0v) is 16.9. The van der Waals surface area contributed by atoms with Gasteiger partial charge in [0.2, 0.25) is 5.13 Å². The van der Waals surface area contributed by atoms with Gasteiger partial charge in [-0.3, -0.25) is 0 Å². The van der Waals surface area contributed by atoms with E-state index in [1.165, 1.54) is 35.9 Å². The molecule has 5 N–H and O–H groups in total. The Morgan fingerprint density at radius 2 is 2.00 bits per heavy atom. The van der Waals surface area contributed by atoms with Crippen molar-refractivity contribution in [3.8, 4) is 0 Å². The maximum atomic E-state index is 14.2. The number of nitrogens with one attached hydrogen (secondary N) is 3. The lowest BCUT2D eigenvalue weighted by atomic mass is 10.2. The van der Waals surface area contributed by atoms with Gasteiger partial charge in [-0.1, -0.05) is 0 Å². The zero-order chi connectivity index (χ0) is 17.9. The summed E-state index contributed by atoms with van der Waals surface area (Å²) < 4.78 is 21.9. The first-order valence-corrected chi connectivity index (χ1v) is 10.4. The largest absolute Gasteiger partial charge is 0.384 e. The van der Waals surface area contributed by atoms with E-state index in [1.807, 2.05) is 0 Å². The summed E-state index contributed by atoms with van der Waals surface area (Å²) in [6, 6.07) is 3.26. The molecule has 25 heavy (non-hydrogen) atoms. The highest BCUT2D eigenvalue weighted by atomic mass is 79.9. The molecular formula is C15H22BrFN6S2. The molecule has 1 aromatic heterocycles. The lowest BCUT2D eigenvalue weighted by Crippen LogP contribution is -2.19. The van der Waals surface area contributed by atoms with Crippen molar-refractivity contribution in [3.05, 3.63) is 28.7 Å². The van der Waals surface area contributed by atoms with Crippen LogP contribution in [0.2, 0.25) is 0 Å². The Morgan fingerprint density at radius 1 is 1.20 bits per heavy atom. The van der Waals surface area contributed by atoms with Crippen molar-refractivity contribution in [1.29, 1.82) is 0 Å². The predicted molar refractivity (Wildman–Crippen MR) is 108 cm³/mol. The van der Waals surface area contributed by atoms with Crippen LogP contribution in [0.25, 0.3) is 0 Å². The maximum absolute atomic E-state index is 14.2. The summed E-state index contributed by atoms with van der Waals surface area (Å²) in [5, 5.41) is 7.25. The molecule has 0 aliphatic carbocycles. The molecule has 1 heterocycles. The molecule has 0 bridgehead atoms. The lowest BCUT2D eigenvalue weighted by molar-refractivity contribution is 0.601. The van der Waals surface area contributed by atoms with Crippen LogP contribution in [0.1, 0.15) is 19.3 Å². The van der Waals surface area contributed by atoms with Crippen LogP contribution in [0.3, 0.4) is 0 Å². The van der Waals surface area contributed by atoms with Crippen LogP contribution in [0.15, 0.2) is 27.8 Å². The topological polar surface area (TPSA) is 87.9 Å². The summed E-state index contributed by atoms with van der Waals surface area (Å²) in [5.41, 5.74) is 6.20. The van der Waals surface area contributed by atoms with Gasteiger partial charge in [-0.05, 0) is 78.9 Å². The normalized spacial score (nSPS) is 10.8. The number of nitrogens with two attached hydrogens (primary N) is 1. The van der Waals surface area contributed by atoms with Gasteiger partial charge in [0.05, 0.1) is 10.6 Å². The molecule has 0 atom stereocenters. The van der Waals surface area contributed by atoms with Crippen molar-refractivity contribution in [3.63, 3.8) is 0 Å². The van der Waals surface area contributed by atoms with E-state index in [0.717, 1.165) is 55.6 Å². The molecule has 0 radical (unpaired) electrons. The summed E-state index contributed by atoms with van der Waals surface area (Å²) in [5.74, 6) is -0.281. The number of aromatic nitrogens is 2. The number of nitrogens with zero attached hydrogens (tertiary/aromatic N) is 2. The Labute approximate surface area is 164 Å². The Kier molecular flexibility index (Phi) is 9.48. The molecule has 0 aliphatic heterocycles. The molecule has 0 spiro atoms. The molecule has 2 aromatic rings. The monoisotopic (exact) mass is 448 g/mol. The minimum Gasteiger partial charge on any atom is -0.384 e. The summed E-state index contributed by atoms with van der Waals surface area (Å²) in [4.78, 5) is 4.50. The summed E-state index contributed by atoms with van der Waals surface area (Å²) in [7, 11) is 0. The Morgan fingerprint density at radius 3 is 2.76 bits per heavy atom. The molecular weight excluding hydrogens is 427 g/mol. The molecule has 0 fully saturated rings. The van der Waals surface area contributed by atoms with Crippen molar-refractivity contribution in [2.24, 2.45) is 5.73 Å². The zero-order valence-electron chi connectivity index (χ0n) is 13.7. The first-order chi connectivity index (χ1) is 12.2. The molecule has 10 heteroatoms. The van der Waals surface area contributed by atoms with Gasteiger partial charge in [0.1, 0.15) is 12.1 Å². The fourth-order valence-corrected chi connectivity index (χ4v) is 3.79. The van der Waals surface area contributed by atoms with E-state index in [-0.39, 0.29) is 5.82 Å². The Bertz CT molecular complexity index is 629. The van der Waals surface area contributed by atoms with Crippen molar-refractivity contribution in [2.45, 2.75) is 24.2 Å². The predicted octanol–water partition coefficient (Wildman–Crippen LogP) is 3.69. The van der Waals surface area contributed by atoms with Gasteiger partial charge in [-0.2, -0.15) is 4.37 Å². The lowest BCUT2D eigenvalue weighted by Gasteiger charge is -2.11. The van der Waals surface area contributed by atoms with Crippen LogP contribution in [0, 0.1) is 5.82 Å². The molecule has 0 saturated carbocycles. The average molecular weight is 449 g/mol. The number of anilines is 2. The van der Waals surface area contributed by atoms with Gasteiger partial charge < -0.3 is 21.1 Å². The Balaban J connectivity index is 1.73. The number of benzene rings is 1. The van der Waals surface area contributed by atoms with E-state index >= 15 is 0 Å². The van der Waals surface area contributed by atoms with Gasteiger partial charge in [-0.25, -0.2) is 9.37 Å². The Hall–Kier alpha value is -0.940. The molecule has 138 valence electrons. The van der Waals surface area contributed by atoms with E-state index in [0.29, 0.717) is 10.0 Å². The van der Waals surface area contributed by atoms with E-state index < -0.39 is 0 Å². The molecule has 0 saturated heterocycles. The van der Waals surface area contributed by atoms with Crippen molar-refractivity contribution in [1.82, 2.24) is 14.7 Å². The van der Waals surface area contributed by atoms with Gasteiger partial charge in [0.25, 0.3) is 0 Å². The fourth-order valence-electron chi connectivity index (χ4n) is 2.01. The van der Waals surface area contributed by atoms with Crippen LogP contribution in [-0.4, -0.2) is 35.5 Å². The van der Waals surface area contributed by atoms with Crippen LogP contribution < -0.4 is 21.1 Å². The van der Waals surface area contributed by atoms with Gasteiger partial charge >= 0.3 is 0 Å². The highest BCUT2D eigenvalue weighted by Gasteiger charge is 2.10. The summed E-state index contributed by atoms with van der Waals surface area (Å²) in [6.45, 7) is 3.46. The van der Waals surface area contributed by atoms with E-state index in [9.17, 15) is 4.39 Å². The van der Waals surface area contributed by atoms with Gasteiger partial charge in [0.15, 0.2) is 0 Å². The molecule has 0 aliphatic rings. The molecule has 1 aromatic carbocycles. The van der Waals surface area contributed by atoms with Crippen molar-refractivity contribution in [2.75, 3.05) is 36.2 Å². The first-order valence-electron chi connectivity index (χ1n) is 8.04. The summed E-state index contributed by atoms with van der Waals surface area (Å²) >= 11 is 5.89. The highest BCUT2D eigenvalue weighted by molar-refractivity contribution is 9.10. The fraction of sp³-hybridized carbons (Fsp3) is 0.467. The van der Waals surface area contributed by atoms with Crippen molar-refractivity contribution < 1.29 is 4.39 Å². The number of halogens is 2. The number of hydrogen-bond acceptors (Lipinski definition) is 8. The quantitative estimate of drug-likeness (QED) is 0.290. The smallest absolute Gasteiger partial charge is 0.212 e. The highest BCUT2D eigenvalue weighted by Crippen LogP contribution is 2.32. The average Bonchev–Trinajstić information content (AvgIpc) is 3.12. The van der Waals surface area contributed by atoms with E-state index in [1.54, 1.807) is 6.07 Å². The minimum atomic E-state index is -0.281. The second kappa shape index (κ2) is 11.6. The molecule has 2 rings (SSSR count). The molecule has 6 nitrogen and oxygen atoms in total. The number of rotatable bonds is 12. The van der Waals surface area contributed by atoms with Crippen LogP contribution >= 0.6 is 39.4 Å². The third-order valence-electron chi connectivity index (χ3n) is 3.28. The van der Waals surface area contributed by atoms with Gasteiger partial charge in [-0.15, -0.1) is 0 Å². The summed E-state index contributed by atoms with van der Waals surface area (Å²) in [6.07, 6.45) is 4.54. The standard InChI is InChI=1S/C15H22BrFN6S2/c16-11-8-14(24-23-15-21-10-22-25-15)12(17)9-13(11)20-7-2-1-5-19-6-3-4-18/h8-10,19-20H,1-7,18H2,(H,21,22,23). The van der Waals surface area contributed by atoms with Crippen LogP contribution in [0.4, 0.5) is 15.2 Å². The van der Waals surface area contributed by atoms with E-state index in [2.05, 4.69) is 40.6 Å². The third kappa shape index (κ3) is 7.45. The third-order valence-corrected chi connectivity index (χ3v) is 5.48. The minimum absolute atomic E-state index is 0.281. The number of unbranched alkanes of at least 4 members (excludes halogenated alkanes) is 1. The maximum Gasteiger partial charge on any atom is 0.212 e. The van der Waals surface area contributed by atoms with Crippen molar-refractivity contribution >= 4 is 50.2 Å². The van der Waals surface area contributed by atoms with Crippen LogP contribution in [-0.2, 0) is 0 Å². The van der Waals surface area contributed by atoms with Crippen LogP contribution in [0.5, 0.6) is 0 Å². The van der Waals surface area contributed by atoms with Gasteiger partial charge in [0, 0.05) is 22.5 Å². The molecule has 0 unspecified atom stereocenters. The number of hydrogen-bond donors (Lipinski definition) is 4.